The standard InChI is InChI=1S/C19H16N4O4S/c1-26-17-6-11(2-5-16(17)27-8-13-9-28-10-20-13)18(24)21-12-3-4-14-15(7-12)23-19(25)22-14/h2-7,9-10H,8H2,1H3,(H,21,24)(H2,22,23,25). The molecular formula is C19H16N4O4S. The van der Waals surface area contributed by atoms with Gasteiger partial charge in [0.2, 0.25) is 0 Å². The highest BCUT2D eigenvalue weighted by Crippen LogP contribution is 2.29. The Kier molecular flexibility index (Phi) is 4.81. The van der Waals surface area contributed by atoms with Crippen molar-refractivity contribution in [2.45, 2.75) is 6.61 Å². The summed E-state index contributed by atoms with van der Waals surface area (Å²) >= 11 is 1.50. The second-order valence-electron chi connectivity index (χ2n) is 5.93. The van der Waals surface area contributed by atoms with Crippen LogP contribution in [0.5, 0.6) is 11.5 Å². The van der Waals surface area contributed by atoms with E-state index in [1.165, 1.54) is 18.4 Å². The fourth-order valence-corrected chi connectivity index (χ4v) is 3.25. The molecule has 0 saturated carbocycles. The maximum absolute atomic E-state index is 12.6. The quantitative estimate of drug-likeness (QED) is 0.464. The molecule has 0 saturated heterocycles. The third-order valence-electron chi connectivity index (χ3n) is 4.06. The number of imidazole rings is 1. The fraction of sp³-hybridized carbons (Fsp3) is 0.105. The Bertz CT molecular complexity index is 1180. The van der Waals surface area contributed by atoms with Crippen molar-refractivity contribution in [1.29, 1.82) is 0 Å². The molecule has 3 N–H and O–H groups in total. The molecule has 4 aromatic rings. The molecule has 142 valence electrons. The molecule has 0 radical (unpaired) electrons. The Morgan fingerprint density at radius 2 is 2.00 bits per heavy atom. The fourth-order valence-electron chi connectivity index (χ4n) is 2.70. The van der Waals surface area contributed by atoms with Crippen molar-refractivity contribution in [2.75, 3.05) is 12.4 Å². The number of hydrogen-bond acceptors (Lipinski definition) is 6. The van der Waals surface area contributed by atoms with E-state index in [1.807, 2.05) is 5.38 Å². The molecule has 2 aromatic carbocycles. The molecule has 0 aliphatic carbocycles. The molecule has 2 heterocycles. The maximum atomic E-state index is 12.6. The number of benzene rings is 2. The smallest absolute Gasteiger partial charge is 0.323 e. The Balaban J connectivity index is 1.50. The van der Waals surface area contributed by atoms with E-state index in [4.69, 9.17) is 9.47 Å². The molecule has 4 rings (SSSR count). The van der Waals surface area contributed by atoms with Crippen LogP contribution in [0.1, 0.15) is 16.1 Å². The van der Waals surface area contributed by atoms with Gasteiger partial charge < -0.3 is 24.8 Å². The number of amides is 1. The minimum atomic E-state index is -0.304. The van der Waals surface area contributed by atoms with E-state index in [2.05, 4.69) is 20.3 Å². The zero-order chi connectivity index (χ0) is 19.5. The molecule has 0 unspecified atom stereocenters. The van der Waals surface area contributed by atoms with E-state index < -0.39 is 0 Å². The van der Waals surface area contributed by atoms with Gasteiger partial charge in [-0.25, -0.2) is 9.78 Å². The zero-order valence-corrected chi connectivity index (χ0v) is 15.6. The summed E-state index contributed by atoms with van der Waals surface area (Å²) < 4.78 is 11.1. The summed E-state index contributed by atoms with van der Waals surface area (Å²) in [7, 11) is 1.52. The number of nitrogens with zero attached hydrogens (tertiary/aromatic N) is 1. The largest absolute Gasteiger partial charge is 0.493 e. The number of H-pyrrole nitrogens is 2. The molecule has 0 aliphatic rings. The first-order valence-electron chi connectivity index (χ1n) is 8.33. The molecule has 0 atom stereocenters. The average molecular weight is 396 g/mol. The number of methoxy groups -OCH3 is 1. The Morgan fingerprint density at radius 3 is 2.79 bits per heavy atom. The predicted molar refractivity (Wildman–Crippen MR) is 106 cm³/mol. The number of aromatic nitrogens is 3. The maximum Gasteiger partial charge on any atom is 0.323 e. The Morgan fingerprint density at radius 1 is 1.14 bits per heavy atom. The number of aromatic amines is 2. The summed E-state index contributed by atoms with van der Waals surface area (Å²) in [5.41, 5.74) is 4.54. The van der Waals surface area contributed by atoms with Crippen LogP contribution < -0.4 is 20.5 Å². The molecule has 0 bridgehead atoms. The molecule has 2 aromatic heterocycles. The lowest BCUT2D eigenvalue weighted by atomic mass is 10.1. The lowest BCUT2D eigenvalue weighted by molar-refractivity contribution is 0.102. The number of nitrogens with one attached hydrogen (secondary N) is 3. The summed E-state index contributed by atoms with van der Waals surface area (Å²) in [6.07, 6.45) is 0. The van der Waals surface area contributed by atoms with Gasteiger partial charge in [0.05, 0.1) is 29.3 Å². The van der Waals surface area contributed by atoms with Crippen molar-refractivity contribution in [1.82, 2.24) is 15.0 Å². The molecule has 0 aliphatic heterocycles. The molecular weight excluding hydrogens is 380 g/mol. The highest BCUT2D eigenvalue weighted by Gasteiger charge is 2.12. The van der Waals surface area contributed by atoms with Crippen LogP contribution in [0.4, 0.5) is 5.69 Å². The van der Waals surface area contributed by atoms with E-state index in [1.54, 1.807) is 41.9 Å². The Labute approximate surface area is 163 Å². The van der Waals surface area contributed by atoms with Crippen LogP contribution in [0.2, 0.25) is 0 Å². The number of hydrogen-bond donors (Lipinski definition) is 3. The van der Waals surface area contributed by atoms with Crippen LogP contribution in [0.15, 0.2) is 52.1 Å². The second kappa shape index (κ2) is 7.57. The van der Waals surface area contributed by atoms with Crippen LogP contribution in [0.3, 0.4) is 0 Å². The topological polar surface area (TPSA) is 109 Å². The lowest BCUT2D eigenvalue weighted by Crippen LogP contribution is -2.12. The molecule has 9 heteroatoms. The first-order chi connectivity index (χ1) is 13.6. The van der Waals surface area contributed by atoms with Crippen molar-refractivity contribution in [3.8, 4) is 11.5 Å². The minimum Gasteiger partial charge on any atom is -0.493 e. The summed E-state index contributed by atoms with van der Waals surface area (Å²) in [5.74, 6) is 0.674. The van der Waals surface area contributed by atoms with Crippen LogP contribution in [-0.4, -0.2) is 28.0 Å². The van der Waals surface area contributed by atoms with Gasteiger partial charge in [-0.2, -0.15) is 0 Å². The highest BCUT2D eigenvalue weighted by atomic mass is 32.1. The van der Waals surface area contributed by atoms with Crippen molar-refractivity contribution in [2.24, 2.45) is 0 Å². The number of fused-ring (bicyclic) bond motifs is 1. The zero-order valence-electron chi connectivity index (χ0n) is 14.8. The van der Waals surface area contributed by atoms with Crippen LogP contribution in [0.25, 0.3) is 11.0 Å². The van der Waals surface area contributed by atoms with Gasteiger partial charge in [0.25, 0.3) is 5.91 Å². The third kappa shape index (κ3) is 3.74. The van der Waals surface area contributed by atoms with Gasteiger partial charge in [-0.05, 0) is 36.4 Å². The normalized spacial score (nSPS) is 10.8. The predicted octanol–water partition coefficient (Wildman–Crippen LogP) is 3.15. The molecule has 28 heavy (non-hydrogen) atoms. The Hall–Kier alpha value is -3.59. The highest BCUT2D eigenvalue weighted by molar-refractivity contribution is 7.07. The van der Waals surface area contributed by atoms with Crippen LogP contribution >= 0.6 is 11.3 Å². The lowest BCUT2D eigenvalue weighted by Gasteiger charge is -2.12. The number of carbonyl (C=O) groups is 1. The first kappa shape index (κ1) is 17.8. The van der Waals surface area contributed by atoms with Gasteiger partial charge in [0.1, 0.15) is 6.61 Å². The summed E-state index contributed by atoms with van der Waals surface area (Å²) in [6.45, 7) is 0.320. The molecule has 0 spiro atoms. The average Bonchev–Trinajstić information content (AvgIpc) is 3.34. The van der Waals surface area contributed by atoms with Crippen molar-refractivity contribution in [3.63, 3.8) is 0 Å². The second-order valence-corrected chi connectivity index (χ2v) is 6.65. The number of anilines is 1. The van der Waals surface area contributed by atoms with Crippen molar-refractivity contribution < 1.29 is 14.3 Å². The number of thiazole rings is 1. The first-order valence-corrected chi connectivity index (χ1v) is 9.28. The monoisotopic (exact) mass is 396 g/mol. The van der Waals surface area contributed by atoms with Crippen LogP contribution in [-0.2, 0) is 6.61 Å². The SMILES string of the molecule is COc1cc(C(=O)Nc2ccc3[nH]c(=O)[nH]c3c2)ccc1OCc1cscn1. The van der Waals surface area contributed by atoms with Gasteiger partial charge in [0.15, 0.2) is 11.5 Å². The molecule has 1 amide bonds. The molecule has 8 nitrogen and oxygen atoms in total. The molecule has 0 fully saturated rings. The van der Waals surface area contributed by atoms with E-state index in [-0.39, 0.29) is 11.6 Å². The number of ether oxygens (including phenoxy) is 2. The summed E-state index contributed by atoms with van der Waals surface area (Å²) in [6, 6.07) is 10.1. The van der Waals surface area contributed by atoms with E-state index in [9.17, 15) is 9.59 Å². The van der Waals surface area contributed by atoms with Crippen LogP contribution in [0, 0.1) is 0 Å². The van der Waals surface area contributed by atoms with Crippen molar-refractivity contribution >= 4 is 34.0 Å². The van der Waals surface area contributed by atoms with Gasteiger partial charge in [-0.3, -0.25) is 4.79 Å². The minimum absolute atomic E-state index is 0.295. The van der Waals surface area contributed by atoms with Gasteiger partial charge >= 0.3 is 5.69 Å². The van der Waals surface area contributed by atoms with Gasteiger partial charge in [0, 0.05) is 16.6 Å². The van der Waals surface area contributed by atoms with E-state index in [0.717, 1.165) is 5.69 Å². The van der Waals surface area contributed by atoms with Gasteiger partial charge in [-0.15, -0.1) is 11.3 Å². The van der Waals surface area contributed by atoms with Crippen molar-refractivity contribution in [3.05, 3.63) is 69.0 Å². The number of carbonyl (C=O) groups excluding carboxylic acids is 1. The third-order valence-corrected chi connectivity index (χ3v) is 4.69. The summed E-state index contributed by atoms with van der Waals surface area (Å²) in [4.78, 5) is 33.4. The number of rotatable bonds is 6. The summed E-state index contributed by atoms with van der Waals surface area (Å²) in [5, 5.41) is 4.71. The van der Waals surface area contributed by atoms with E-state index in [0.29, 0.717) is 40.4 Å². The van der Waals surface area contributed by atoms with E-state index >= 15 is 0 Å². The van der Waals surface area contributed by atoms with Gasteiger partial charge in [-0.1, -0.05) is 0 Å².